The van der Waals surface area contributed by atoms with Crippen LogP contribution in [0, 0.1) is 24.7 Å². The third-order valence-electron chi connectivity index (χ3n) is 7.31. The molecule has 0 radical (unpaired) electrons. The predicted octanol–water partition coefficient (Wildman–Crippen LogP) is 4.05. The molecule has 0 amide bonds. The van der Waals surface area contributed by atoms with Gasteiger partial charge < -0.3 is 10.3 Å². The molecule has 7 rings (SSSR count). The van der Waals surface area contributed by atoms with Crippen molar-refractivity contribution >= 4 is 32.9 Å². The fraction of sp³-hybridized carbons (Fsp3) is 0.545. The van der Waals surface area contributed by atoms with E-state index in [9.17, 15) is 4.79 Å². The Morgan fingerprint density at radius 3 is 2.54 bits per heavy atom. The molecule has 0 atom stereocenters. The molecule has 0 aliphatic heterocycles. The number of aryl methyl sites for hydroxylation is 1. The van der Waals surface area contributed by atoms with Crippen molar-refractivity contribution in [2.24, 2.45) is 17.8 Å². The van der Waals surface area contributed by atoms with Gasteiger partial charge in [-0.15, -0.1) is 22.7 Å². The van der Waals surface area contributed by atoms with Gasteiger partial charge in [-0.2, -0.15) is 0 Å². The smallest absolute Gasteiger partial charge is 0.260 e. The van der Waals surface area contributed by atoms with Crippen molar-refractivity contribution in [2.45, 2.75) is 57.5 Å². The lowest BCUT2D eigenvalue weighted by molar-refractivity contribution is -0.753. The molecule has 28 heavy (non-hydrogen) atoms. The van der Waals surface area contributed by atoms with Crippen molar-refractivity contribution < 1.29 is 5.32 Å². The summed E-state index contributed by atoms with van der Waals surface area (Å²) >= 11 is 3.33. The number of nitrogens with two attached hydrogens (primary N) is 1. The number of nitrogens with zero attached hydrogens (tertiary/aromatic N) is 1. The summed E-state index contributed by atoms with van der Waals surface area (Å²) in [6, 6.07) is 4.22. The van der Waals surface area contributed by atoms with Crippen LogP contribution in [-0.4, -0.2) is 15.5 Å². The Kier molecular flexibility index (Phi) is 3.87. The lowest BCUT2D eigenvalue weighted by Crippen LogP contribution is -2.97. The summed E-state index contributed by atoms with van der Waals surface area (Å²) in [6.07, 6.45) is 8.50. The van der Waals surface area contributed by atoms with Crippen LogP contribution in [0.15, 0.2) is 22.3 Å². The number of hydrogen-bond acceptors (Lipinski definition) is 4. The summed E-state index contributed by atoms with van der Waals surface area (Å²) in [7, 11) is 0. The molecule has 0 spiro atoms. The van der Waals surface area contributed by atoms with Gasteiger partial charge in [0.2, 0.25) is 0 Å². The van der Waals surface area contributed by atoms with Crippen molar-refractivity contribution in [3.8, 4) is 10.4 Å². The number of thiophene rings is 2. The van der Waals surface area contributed by atoms with Gasteiger partial charge >= 0.3 is 0 Å². The van der Waals surface area contributed by atoms with Gasteiger partial charge in [-0.3, -0.25) is 4.79 Å². The van der Waals surface area contributed by atoms with Crippen LogP contribution < -0.4 is 10.9 Å². The molecule has 3 N–H and O–H groups in total. The normalized spacial score (nSPS) is 31.1. The van der Waals surface area contributed by atoms with Crippen LogP contribution in [0.2, 0.25) is 0 Å². The third kappa shape index (κ3) is 2.80. The number of quaternary nitrogens is 1. The van der Waals surface area contributed by atoms with Crippen LogP contribution in [0.1, 0.15) is 49.2 Å². The number of aromatic amines is 1. The fourth-order valence-electron chi connectivity index (χ4n) is 6.59. The summed E-state index contributed by atoms with van der Waals surface area (Å²) in [5, 5.41) is 5.37. The van der Waals surface area contributed by atoms with Crippen LogP contribution in [0.25, 0.3) is 20.7 Å². The molecule has 3 aromatic heterocycles. The van der Waals surface area contributed by atoms with E-state index >= 15 is 0 Å². The molecule has 6 heteroatoms. The lowest BCUT2D eigenvalue weighted by atomic mass is 9.53. The molecule has 4 nitrogen and oxygen atoms in total. The SMILES string of the molecule is Cc1ccc(-c2csc3nc(C[NH2+]C45CC6CC(CC(C6)C4)C5)[nH]c(=O)c23)s1. The second kappa shape index (κ2) is 6.25. The Morgan fingerprint density at radius 2 is 1.89 bits per heavy atom. The highest BCUT2D eigenvalue weighted by molar-refractivity contribution is 7.19. The molecule has 0 unspecified atom stereocenters. The summed E-state index contributed by atoms with van der Waals surface area (Å²) in [5.41, 5.74) is 1.46. The quantitative estimate of drug-likeness (QED) is 0.679. The average Bonchev–Trinajstić information content (AvgIpc) is 3.25. The number of rotatable bonds is 4. The monoisotopic (exact) mass is 412 g/mol. The molecular formula is C22H26N3OS2+. The van der Waals surface area contributed by atoms with Gasteiger partial charge in [0.1, 0.15) is 11.4 Å². The topological polar surface area (TPSA) is 62.4 Å². The average molecular weight is 413 g/mol. The van der Waals surface area contributed by atoms with Crippen molar-refractivity contribution in [3.05, 3.63) is 38.6 Å². The first-order valence-electron chi connectivity index (χ1n) is 10.5. The Morgan fingerprint density at radius 1 is 1.18 bits per heavy atom. The third-order valence-corrected chi connectivity index (χ3v) is 9.22. The maximum atomic E-state index is 12.9. The number of H-pyrrole nitrogens is 1. The first-order valence-corrected chi connectivity index (χ1v) is 12.2. The van der Waals surface area contributed by atoms with Crippen LogP contribution >= 0.6 is 22.7 Å². The zero-order valence-electron chi connectivity index (χ0n) is 16.2. The van der Waals surface area contributed by atoms with Crippen molar-refractivity contribution in [1.29, 1.82) is 0 Å². The maximum absolute atomic E-state index is 12.9. The van der Waals surface area contributed by atoms with E-state index in [0.29, 0.717) is 5.54 Å². The van der Waals surface area contributed by atoms with Gasteiger partial charge in [-0.05, 0) is 56.1 Å². The zero-order chi connectivity index (χ0) is 18.9. The van der Waals surface area contributed by atoms with Gasteiger partial charge in [0.15, 0.2) is 5.82 Å². The Hall–Kier alpha value is -1.50. The van der Waals surface area contributed by atoms with Crippen LogP contribution in [0.4, 0.5) is 0 Å². The summed E-state index contributed by atoms with van der Waals surface area (Å²) < 4.78 is 0. The van der Waals surface area contributed by atoms with E-state index in [-0.39, 0.29) is 5.56 Å². The molecular weight excluding hydrogens is 386 g/mol. The molecule has 4 bridgehead atoms. The largest absolute Gasteiger partial charge is 0.335 e. The van der Waals surface area contributed by atoms with E-state index in [1.165, 1.54) is 43.4 Å². The van der Waals surface area contributed by atoms with E-state index in [4.69, 9.17) is 4.98 Å². The molecule has 3 aromatic rings. The lowest BCUT2D eigenvalue weighted by Gasteiger charge is -2.54. The highest BCUT2D eigenvalue weighted by atomic mass is 32.1. The highest BCUT2D eigenvalue weighted by Crippen LogP contribution is 2.54. The first-order chi connectivity index (χ1) is 13.6. The number of aromatic nitrogens is 2. The van der Waals surface area contributed by atoms with E-state index in [0.717, 1.165) is 50.8 Å². The Bertz CT molecular complexity index is 1070. The van der Waals surface area contributed by atoms with E-state index in [1.54, 1.807) is 22.7 Å². The second-order valence-corrected chi connectivity index (χ2v) is 11.6. The van der Waals surface area contributed by atoms with Crippen LogP contribution in [0.5, 0.6) is 0 Å². The minimum Gasteiger partial charge on any atom is -0.335 e. The molecule has 4 aliphatic rings. The number of fused-ring (bicyclic) bond motifs is 1. The van der Waals surface area contributed by atoms with E-state index in [2.05, 4.69) is 34.7 Å². The minimum absolute atomic E-state index is 0.0150. The van der Waals surface area contributed by atoms with Crippen molar-refractivity contribution in [1.82, 2.24) is 9.97 Å². The van der Waals surface area contributed by atoms with Crippen LogP contribution in [-0.2, 0) is 6.54 Å². The molecule has 4 saturated carbocycles. The van der Waals surface area contributed by atoms with Crippen molar-refractivity contribution in [2.75, 3.05) is 0 Å². The van der Waals surface area contributed by atoms with Gasteiger partial charge in [-0.25, -0.2) is 4.98 Å². The molecule has 3 heterocycles. The highest BCUT2D eigenvalue weighted by Gasteiger charge is 2.53. The summed E-state index contributed by atoms with van der Waals surface area (Å²) in [4.78, 5) is 24.1. The van der Waals surface area contributed by atoms with Gasteiger partial charge in [0, 0.05) is 40.0 Å². The minimum atomic E-state index is 0.0150. The van der Waals surface area contributed by atoms with Gasteiger partial charge in [0.05, 0.1) is 10.9 Å². The molecule has 4 fully saturated rings. The first kappa shape index (κ1) is 17.4. The predicted molar refractivity (Wildman–Crippen MR) is 115 cm³/mol. The van der Waals surface area contributed by atoms with Gasteiger partial charge in [-0.1, -0.05) is 0 Å². The number of hydrogen-bond donors (Lipinski definition) is 2. The van der Waals surface area contributed by atoms with Crippen molar-refractivity contribution in [3.63, 3.8) is 0 Å². The molecule has 146 valence electrons. The summed E-state index contributed by atoms with van der Waals surface area (Å²) in [5.74, 6) is 3.69. The molecule has 0 saturated heterocycles. The molecule has 4 aliphatic carbocycles. The van der Waals surface area contributed by atoms with Gasteiger partial charge in [0.25, 0.3) is 5.56 Å². The standard InChI is InChI=1S/C22H25N3OS2/c1-12-2-3-17(28-12)16-11-27-21-19(16)20(26)24-18(25-21)10-23-22-7-13-4-14(8-22)6-15(5-13)9-22/h2-3,11,13-15,23H,4-10H2,1H3,(H,24,25,26)/p+1. The Balaban J connectivity index is 1.28. The maximum Gasteiger partial charge on any atom is 0.260 e. The summed E-state index contributed by atoms with van der Waals surface area (Å²) in [6.45, 7) is 2.90. The zero-order valence-corrected chi connectivity index (χ0v) is 17.8. The second-order valence-electron chi connectivity index (χ2n) is 9.44. The van der Waals surface area contributed by atoms with E-state index < -0.39 is 0 Å². The van der Waals surface area contributed by atoms with E-state index in [1.807, 2.05) is 0 Å². The number of nitrogens with one attached hydrogen (secondary N) is 1. The fourth-order valence-corrected chi connectivity index (χ4v) is 8.51. The Labute approximate surface area is 172 Å². The van der Waals surface area contributed by atoms with Crippen LogP contribution in [0.3, 0.4) is 0 Å². The molecule has 0 aromatic carbocycles.